The number of nitrogens with one attached hydrogen (secondary N) is 1. The van der Waals surface area contributed by atoms with Crippen LogP contribution in [-0.4, -0.2) is 25.9 Å². The van der Waals surface area contributed by atoms with E-state index in [4.69, 9.17) is 0 Å². The van der Waals surface area contributed by atoms with Gasteiger partial charge in [0.2, 0.25) is 5.91 Å². The Balaban J connectivity index is 1.70. The van der Waals surface area contributed by atoms with Crippen LogP contribution in [0.3, 0.4) is 0 Å². The summed E-state index contributed by atoms with van der Waals surface area (Å²) in [7, 11) is 0. The first-order valence-corrected chi connectivity index (χ1v) is 10.9. The lowest BCUT2D eigenvalue weighted by atomic mass is 10.0. The lowest BCUT2D eigenvalue weighted by Crippen LogP contribution is -2.23. The number of amides is 1. The van der Waals surface area contributed by atoms with Crippen molar-refractivity contribution in [2.75, 3.05) is 5.32 Å². The molecule has 0 aliphatic rings. The number of hydrogen-bond acceptors (Lipinski definition) is 5. The number of carbonyl (C=O) groups excluding carboxylic acids is 1. The molecule has 1 aromatic carbocycles. The van der Waals surface area contributed by atoms with Crippen LogP contribution in [0.5, 0.6) is 0 Å². The van der Waals surface area contributed by atoms with Crippen LogP contribution in [0.15, 0.2) is 59.6 Å². The van der Waals surface area contributed by atoms with E-state index in [9.17, 15) is 4.79 Å². The summed E-state index contributed by atoms with van der Waals surface area (Å²) in [5, 5.41) is 14.0. The van der Waals surface area contributed by atoms with Gasteiger partial charge in [0.15, 0.2) is 11.0 Å². The van der Waals surface area contributed by atoms with Crippen molar-refractivity contribution in [2.24, 2.45) is 0 Å². The monoisotopic (exact) mass is 412 g/mol. The van der Waals surface area contributed by atoms with Crippen LogP contribution < -0.4 is 5.32 Å². The lowest BCUT2D eigenvalue weighted by Gasteiger charge is -2.13. The first kappa shape index (κ1) is 20.4. The van der Waals surface area contributed by atoms with E-state index in [1.54, 1.807) is 11.3 Å². The van der Waals surface area contributed by atoms with Crippen LogP contribution in [0.1, 0.15) is 32.3 Å². The quantitative estimate of drug-likeness (QED) is 0.396. The van der Waals surface area contributed by atoms with E-state index in [0.29, 0.717) is 17.6 Å². The van der Waals surface area contributed by atoms with E-state index in [1.807, 2.05) is 59.3 Å². The highest BCUT2D eigenvalue weighted by Gasteiger charge is 2.21. The highest BCUT2D eigenvalue weighted by Crippen LogP contribution is 2.29. The number of allylic oxidation sites excluding steroid dienone is 1. The molecule has 5 nitrogen and oxygen atoms in total. The molecular formula is C21H24N4OS2. The molecule has 0 aliphatic carbocycles. The Morgan fingerprint density at radius 1 is 1.25 bits per heavy atom. The molecular weight excluding hydrogens is 388 g/mol. The maximum atomic E-state index is 12.6. The van der Waals surface area contributed by atoms with E-state index < -0.39 is 0 Å². The van der Waals surface area contributed by atoms with Crippen molar-refractivity contribution in [3.8, 4) is 10.7 Å². The van der Waals surface area contributed by atoms with Crippen LogP contribution in [0.4, 0.5) is 5.69 Å². The fraction of sp³-hybridized carbons (Fsp3) is 0.286. The zero-order chi connectivity index (χ0) is 20.1. The van der Waals surface area contributed by atoms with E-state index in [1.165, 1.54) is 17.3 Å². The smallest absolute Gasteiger partial charge is 0.237 e. The predicted molar refractivity (Wildman–Crippen MR) is 118 cm³/mol. The summed E-state index contributed by atoms with van der Waals surface area (Å²) in [6, 6.07) is 12.0. The molecule has 0 saturated heterocycles. The van der Waals surface area contributed by atoms with Crippen LogP contribution in [0.25, 0.3) is 10.7 Å². The highest BCUT2D eigenvalue weighted by molar-refractivity contribution is 8.00. The predicted octanol–water partition coefficient (Wildman–Crippen LogP) is 5.44. The van der Waals surface area contributed by atoms with Gasteiger partial charge in [0, 0.05) is 12.2 Å². The van der Waals surface area contributed by atoms with Crippen molar-refractivity contribution < 1.29 is 4.79 Å². The van der Waals surface area contributed by atoms with E-state index >= 15 is 0 Å². The van der Waals surface area contributed by atoms with Gasteiger partial charge in [-0.05, 0) is 42.0 Å². The van der Waals surface area contributed by atoms with Crippen molar-refractivity contribution in [3.05, 3.63) is 60.0 Å². The summed E-state index contributed by atoms with van der Waals surface area (Å²) in [5.41, 5.74) is 2.05. The maximum absolute atomic E-state index is 12.6. The van der Waals surface area contributed by atoms with E-state index in [2.05, 4.69) is 35.9 Å². The van der Waals surface area contributed by atoms with E-state index in [0.717, 1.165) is 16.4 Å². The molecule has 28 heavy (non-hydrogen) atoms. The van der Waals surface area contributed by atoms with Crippen LogP contribution in [0, 0.1) is 0 Å². The van der Waals surface area contributed by atoms with Gasteiger partial charge >= 0.3 is 0 Å². The Hall–Kier alpha value is -2.38. The standard InChI is InChI=1S/C21H24N4OS2/c1-5-12-25-19(18-7-6-13-27-18)23-24-21(25)28-15(4)20(26)22-17-10-8-16(9-11-17)14(2)3/h5-11,13-15H,1,12H2,2-4H3,(H,22,26). The molecule has 1 amide bonds. The molecule has 2 aromatic heterocycles. The summed E-state index contributed by atoms with van der Waals surface area (Å²) in [4.78, 5) is 13.7. The molecule has 0 fully saturated rings. The van der Waals surface area contributed by atoms with Gasteiger partial charge in [-0.15, -0.1) is 28.1 Å². The average Bonchev–Trinajstić information content (AvgIpc) is 3.33. The number of aromatic nitrogens is 3. The number of benzene rings is 1. The summed E-state index contributed by atoms with van der Waals surface area (Å²) >= 11 is 3.01. The van der Waals surface area contributed by atoms with Gasteiger partial charge in [0.1, 0.15) is 0 Å². The van der Waals surface area contributed by atoms with Crippen LogP contribution >= 0.6 is 23.1 Å². The van der Waals surface area contributed by atoms with Crippen molar-refractivity contribution in [1.82, 2.24) is 14.8 Å². The van der Waals surface area contributed by atoms with Gasteiger partial charge in [0.05, 0.1) is 10.1 Å². The molecule has 0 spiro atoms. The molecule has 1 N–H and O–H groups in total. The Morgan fingerprint density at radius 2 is 2.00 bits per heavy atom. The Kier molecular flexibility index (Phi) is 6.70. The molecule has 2 heterocycles. The lowest BCUT2D eigenvalue weighted by molar-refractivity contribution is -0.115. The minimum atomic E-state index is -0.311. The number of thiophene rings is 1. The third-order valence-electron chi connectivity index (χ3n) is 4.27. The normalized spacial score (nSPS) is 12.1. The Labute approximate surface area is 173 Å². The molecule has 146 valence electrons. The highest BCUT2D eigenvalue weighted by atomic mass is 32.2. The molecule has 3 rings (SSSR count). The molecule has 0 radical (unpaired) electrons. The van der Waals surface area contributed by atoms with Gasteiger partial charge in [-0.1, -0.05) is 49.9 Å². The van der Waals surface area contributed by atoms with Gasteiger partial charge in [0.25, 0.3) is 0 Å². The van der Waals surface area contributed by atoms with Crippen molar-refractivity contribution >= 4 is 34.7 Å². The zero-order valence-electron chi connectivity index (χ0n) is 16.3. The first-order chi connectivity index (χ1) is 13.5. The number of nitrogens with zero attached hydrogens (tertiary/aromatic N) is 3. The molecule has 1 atom stereocenters. The average molecular weight is 413 g/mol. The number of rotatable bonds is 8. The summed E-state index contributed by atoms with van der Waals surface area (Å²) in [6.07, 6.45) is 1.81. The second kappa shape index (κ2) is 9.21. The van der Waals surface area contributed by atoms with Crippen LogP contribution in [-0.2, 0) is 11.3 Å². The molecule has 3 aromatic rings. The topological polar surface area (TPSA) is 59.8 Å². The van der Waals surface area contributed by atoms with E-state index in [-0.39, 0.29) is 11.2 Å². The zero-order valence-corrected chi connectivity index (χ0v) is 17.9. The summed E-state index contributed by atoms with van der Waals surface area (Å²) in [6.45, 7) is 10.6. The minimum Gasteiger partial charge on any atom is -0.325 e. The second-order valence-corrected chi connectivity index (χ2v) is 8.96. The third kappa shape index (κ3) is 4.72. The minimum absolute atomic E-state index is 0.0619. The van der Waals surface area contributed by atoms with Gasteiger partial charge < -0.3 is 5.32 Å². The molecule has 0 saturated carbocycles. The summed E-state index contributed by atoms with van der Waals surface area (Å²) in [5.74, 6) is 1.20. The number of carbonyl (C=O) groups is 1. The number of hydrogen-bond donors (Lipinski definition) is 1. The third-order valence-corrected chi connectivity index (χ3v) is 6.21. The second-order valence-electron chi connectivity index (χ2n) is 6.71. The Bertz CT molecular complexity index is 930. The van der Waals surface area contributed by atoms with Crippen molar-refractivity contribution in [3.63, 3.8) is 0 Å². The first-order valence-electron chi connectivity index (χ1n) is 9.15. The fourth-order valence-electron chi connectivity index (χ4n) is 2.66. The molecule has 7 heteroatoms. The fourth-order valence-corrected chi connectivity index (χ4v) is 4.24. The van der Waals surface area contributed by atoms with Crippen LogP contribution in [0.2, 0.25) is 0 Å². The van der Waals surface area contributed by atoms with Crippen molar-refractivity contribution in [1.29, 1.82) is 0 Å². The summed E-state index contributed by atoms with van der Waals surface area (Å²) < 4.78 is 1.99. The van der Waals surface area contributed by atoms with Crippen molar-refractivity contribution in [2.45, 2.75) is 43.6 Å². The van der Waals surface area contributed by atoms with Gasteiger partial charge in [-0.25, -0.2) is 0 Å². The maximum Gasteiger partial charge on any atom is 0.237 e. The molecule has 1 unspecified atom stereocenters. The number of anilines is 1. The SMILES string of the molecule is C=CCn1c(SC(C)C(=O)Nc2ccc(C(C)C)cc2)nnc1-c1cccs1. The Morgan fingerprint density at radius 3 is 2.61 bits per heavy atom. The molecule has 0 aliphatic heterocycles. The van der Waals surface area contributed by atoms with Gasteiger partial charge in [-0.2, -0.15) is 0 Å². The number of thioether (sulfide) groups is 1. The molecule has 0 bridgehead atoms. The largest absolute Gasteiger partial charge is 0.325 e. The van der Waals surface area contributed by atoms with Gasteiger partial charge in [-0.3, -0.25) is 9.36 Å².